The third kappa shape index (κ3) is 2.75. The predicted octanol–water partition coefficient (Wildman–Crippen LogP) is 4.45. The molecule has 2 fully saturated rings. The molecule has 1 N–H and O–H groups in total. The summed E-state index contributed by atoms with van der Waals surface area (Å²) >= 11 is 0. The van der Waals surface area contributed by atoms with Crippen molar-refractivity contribution in [2.45, 2.75) is 78.9 Å². The van der Waals surface area contributed by atoms with Crippen LogP contribution in [0.3, 0.4) is 0 Å². The molecule has 0 aromatic rings. The first-order valence-electron chi connectivity index (χ1n) is 9.32. The minimum Gasteiger partial charge on any atom is -0.436 e. The summed E-state index contributed by atoms with van der Waals surface area (Å²) in [5.41, 5.74) is 2.19. The molecule has 3 rings (SSSR count). The van der Waals surface area contributed by atoms with E-state index in [1.54, 1.807) is 5.57 Å². The highest BCUT2D eigenvalue weighted by atomic mass is 16.6. The first-order chi connectivity index (χ1) is 10.8. The first kappa shape index (κ1) is 17.0. The normalized spacial score (nSPS) is 47.0. The molecule has 1 saturated heterocycles. The van der Waals surface area contributed by atoms with E-state index in [0.717, 1.165) is 12.8 Å². The topological polar surface area (TPSA) is 46.5 Å². The zero-order chi connectivity index (χ0) is 16.8. The molecule has 0 spiro atoms. The smallest absolute Gasteiger partial charge is 0.308 e. The molecular weight excluding hydrogens is 288 g/mol. The van der Waals surface area contributed by atoms with E-state index in [9.17, 15) is 9.90 Å². The van der Waals surface area contributed by atoms with E-state index in [4.69, 9.17) is 4.74 Å². The van der Waals surface area contributed by atoms with Crippen LogP contribution in [0.25, 0.3) is 0 Å². The van der Waals surface area contributed by atoms with Gasteiger partial charge in [-0.1, -0.05) is 32.4 Å². The number of allylic oxidation sites excluding steroid dienone is 2. The Kier molecular flexibility index (Phi) is 4.37. The van der Waals surface area contributed by atoms with Crippen molar-refractivity contribution in [3.8, 4) is 0 Å². The summed E-state index contributed by atoms with van der Waals surface area (Å²) in [4.78, 5) is 11.4. The van der Waals surface area contributed by atoms with E-state index in [-0.39, 0.29) is 17.3 Å². The van der Waals surface area contributed by atoms with E-state index in [1.807, 2.05) is 0 Å². The number of hydrogen-bond acceptors (Lipinski definition) is 3. The number of fused-ring (bicyclic) bond motifs is 1. The molecule has 0 bridgehead atoms. The molecule has 130 valence electrons. The van der Waals surface area contributed by atoms with Gasteiger partial charge in [-0.2, -0.15) is 0 Å². The lowest BCUT2D eigenvalue weighted by molar-refractivity contribution is -0.156. The highest BCUT2D eigenvalue weighted by Crippen LogP contribution is 2.62. The summed E-state index contributed by atoms with van der Waals surface area (Å²) in [5, 5.41) is 9.91. The Balaban J connectivity index is 1.78. The lowest BCUT2D eigenvalue weighted by Crippen LogP contribution is -2.49. The van der Waals surface area contributed by atoms with Gasteiger partial charge in [-0.3, -0.25) is 4.79 Å². The highest BCUT2D eigenvalue weighted by molar-refractivity contribution is 5.71. The molecule has 2 unspecified atom stereocenters. The highest BCUT2D eigenvalue weighted by Gasteiger charge is 2.53. The van der Waals surface area contributed by atoms with E-state index in [2.05, 4.69) is 33.8 Å². The number of carbonyl (C=O) groups excluding carboxylic acids is 1. The second kappa shape index (κ2) is 5.91. The maximum Gasteiger partial charge on any atom is 0.308 e. The summed E-state index contributed by atoms with van der Waals surface area (Å²) in [5.74, 6) is 1.14. The molecule has 3 heteroatoms. The molecule has 3 aliphatic rings. The van der Waals surface area contributed by atoms with E-state index in [0.29, 0.717) is 23.7 Å². The SMILES string of the molecule is CC1=CCC[C@@H]2[C@@](C)(CCC3CC(=O)OC3O)[C@H](C)CC[C@@]12C. The predicted molar refractivity (Wildman–Crippen MR) is 90.5 cm³/mol. The van der Waals surface area contributed by atoms with Crippen molar-refractivity contribution in [2.24, 2.45) is 28.6 Å². The molecule has 1 saturated carbocycles. The largest absolute Gasteiger partial charge is 0.436 e. The van der Waals surface area contributed by atoms with Crippen LogP contribution in [-0.4, -0.2) is 17.4 Å². The van der Waals surface area contributed by atoms with E-state index in [1.165, 1.54) is 25.7 Å². The molecule has 6 atom stereocenters. The summed E-state index contributed by atoms with van der Waals surface area (Å²) in [6.45, 7) is 9.64. The summed E-state index contributed by atoms with van der Waals surface area (Å²) in [7, 11) is 0. The van der Waals surface area contributed by atoms with Crippen LogP contribution >= 0.6 is 0 Å². The fraction of sp³-hybridized carbons (Fsp3) is 0.850. The van der Waals surface area contributed by atoms with Gasteiger partial charge in [0, 0.05) is 5.92 Å². The summed E-state index contributed by atoms with van der Waals surface area (Å²) in [6.07, 6.45) is 8.96. The van der Waals surface area contributed by atoms with Crippen molar-refractivity contribution in [3.05, 3.63) is 11.6 Å². The standard InChI is InChI=1S/C20H32O3/c1-13-6-5-7-16-19(13,3)10-8-14(2)20(16,4)11-9-15-12-17(21)23-18(15)22/h6,14-16,18,22H,5,7-12H2,1-4H3/t14-,15?,16+,18?,19+,20+/m1/s1. The number of aliphatic hydroxyl groups is 1. The summed E-state index contributed by atoms with van der Waals surface area (Å²) in [6, 6.07) is 0. The van der Waals surface area contributed by atoms with Gasteiger partial charge in [0.05, 0.1) is 6.42 Å². The van der Waals surface area contributed by atoms with Gasteiger partial charge in [0.15, 0.2) is 0 Å². The van der Waals surface area contributed by atoms with Crippen molar-refractivity contribution in [1.82, 2.24) is 0 Å². The molecule has 0 aromatic heterocycles. The number of esters is 1. The van der Waals surface area contributed by atoms with Crippen LogP contribution < -0.4 is 0 Å². The van der Waals surface area contributed by atoms with Crippen molar-refractivity contribution >= 4 is 5.97 Å². The van der Waals surface area contributed by atoms with Crippen LogP contribution in [0.1, 0.15) is 72.6 Å². The lowest BCUT2D eigenvalue weighted by atomic mass is 9.47. The Morgan fingerprint density at radius 2 is 2.09 bits per heavy atom. The molecule has 0 aromatic carbocycles. The maximum atomic E-state index is 11.4. The Labute approximate surface area is 140 Å². The molecular formula is C20H32O3. The monoisotopic (exact) mass is 320 g/mol. The van der Waals surface area contributed by atoms with Gasteiger partial charge in [0.25, 0.3) is 0 Å². The fourth-order valence-electron chi connectivity index (χ4n) is 5.67. The zero-order valence-electron chi connectivity index (χ0n) is 15.1. The Morgan fingerprint density at radius 3 is 2.74 bits per heavy atom. The average Bonchev–Trinajstić information content (AvgIpc) is 2.82. The molecule has 1 heterocycles. The van der Waals surface area contributed by atoms with Gasteiger partial charge in [0.1, 0.15) is 0 Å². The van der Waals surface area contributed by atoms with Crippen molar-refractivity contribution in [2.75, 3.05) is 0 Å². The van der Waals surface area contributed by atoms with Crippen LogP contribution in [0.5, 0.6) is 0 Å². The zero-order valence-corrected chi connectivity index (χ0v) is 15.1. The van der Waals surface area contributed by atoms with Gasteiger partial charge >= 0.3 is 5.97 Å². The Morgan fingerprint density at radius 1 is 1.35 bits per heavy atom. The summed E-state index contributed by atoms with van der Waals surface area (Å²) < 4.78 is 4.92. The minimum atomic E-state index is -0.885. The van der Waals surface area contributed by atoms with Crippen LogP contribution in [0.4, 0.5) is 0 Å². The molecule has 1 aliphatic heterocycles. The average molecular weight is 320 g/mol. The second-order valence-electron chi connectivity index (χ2n) is 8.76. The van der Waals surface area contributed by atoms with Gasteiger partial charge < -0.3 is 9.84 Å². The number of carbonyl (C=O) groups is 1. The molecule has 2 aliphatic carbocycles. The van der Waals surface area contributed by atoms with Crippen LogP contribution in [0, 0.1) is 28.6 Å². The third-order valence-electron chi connectivity index (χ3n) is 7.73. The Bertz CT molecular complexity index is 511. The number of aliphatic hydroxyl groups excluding tert-OH is 1. The van der Waals surface area contributed by atoms with Crippen molar-refractivity contribution in [1.29, 1.82) is 0 Å². The number of hydrogen-bond donors (Lipinski definition) is 1. The van der Waals surface area contributed by atoms with Crippen LogP contribution in [0.15, 0.2) is 11.6 Å². The number of cyclic esters (lactones) is 1. The quantitative estimate of drug-likeness (QED) is 0.617. The van der Waals surface area contributed by atoms with Gasteiger partial charge in [-0.15, -0.1) is 0 Å². The first-order valence-corrected chi connectivity index (χ1v) is 9.32. The number of rotatable bonds is 3. The van der Waals surface area contributed by atoms with Gasteiger partial charge in [0.2, 0.25) is 6.29 Å². The molecule has 3 nitrogen and oxygen atoms in total. The fourth-order valence-corrected chi connectivity index (χ4v) is 5.67. The minimum absolute atomic E-state index is 0.0139. The van der Waals surface area contributed by atoms with Gasteiger partial charge in [-0.05, 0) is 68.1 Å². The molecule has 23 heavy (non-hydrogen) atoms. The Hall–Kier alpha value is -0.830. The second-order valence-corrected chi connectivity index (χ2v) is 8.76. The molecule has 0 radical (unpaired) electrons. The van der Waals surface area contributed by atoms with Crippen molar-refractivity contribution in [3.63, 3.8) is 0 Å². The molecule has 0 amide bonds. The third-order valence-corrected chi connectivity index (χ3v) is 7.73. The lowest BCUT2D eigenvalue weighted by Gasteiger charge is -2.58. The van der Waals surface area contributed by atoms with Crippen LogP contribution in [-0.2, 0) is 9.53 Å². The maximum absolute atomic E-state index is 11.4. The van der Waals surface area contributed by atoms with E-state index < -0.39 is 6.29 Å². The number of ether oxygens (including phenoxy) is 1. The van der Waals surface area contributed by atoms with Crippen LogP contribution in [0.2, 0.25) is 0 Å². The van der Waals surface area contributed by atoms with Gasteiger partial charge in [-0.25, -0.2) is 0 Å². The van der Waals surface area contributed by atoms with E-state index >= 15 is 0 Å². The van der Waals surface area contributed by atoms with Crippen molar-refractivity contribution < 1.29 is 14.6 Å².